The Labute approximate surface area is 223 Å². The molecule has 3 aromatic carbocycles. The summed E-state index contributed by atoms with van der Waals surface area (Å²) in [4.78, 5) is 45.3. The van der Waals surface area contributed by atoms with Crippen LogP contribution in [-0.4, -0.2) is 47.9 Å². The van der Waals surface area contributed by atoms with Gasteiger partial charge in [-0.3, -0.25) is 14.5 Å². The van der Waals surface area contributed by atoms with Crippen LogP contribution < -0.4 is 15.1 Å². The zero-order chi connectivity index (χ0) is 26.5. The van der Waals surface area contributed by atoms with Crippen LogP contribution in [0.15, 0.2) is 83.5 Å². The number of hydrogen-bond acceptors (Lipinski definition) is 6. The Morgan fingerprint density at radius 2 is 1.78 bits per heavy atom. The molecule has 8 nitrogen and oxygen atoms in total. The molecule has 2 N–H and O–H groups in total. The van der Waals surface area contributed by atoms with Crippen LogP contribution in [0.5, 0.6) is 0 Å². The van der Waals surface area contributed by atoms with Crippen molar-refractivity contribution in [3.05, 3.63) is 94.6 Å². The third kappa shape index (κ3) is 6.19. The molecule has 0 spiro atoms. The number of thioether (sulfide) groups is 1. The number of nitrogens with one attached hydrogen (secondary N) is 1. The van der Waals surface area contributed by atoms with Crippen molar-refractivity contribution in [3.63, 3.8) is 0 Å². The highest BCUT2D eigenvalue weighted by molar-refractivity contribution is 8.14. The number of halogens is 1. The number of hydrogen-bond donors (Lipinski definition) is 2. The first kappa shape index (κ1) is 26.0. The van der Waals surface area contributed by atoms with E-state index >= 15 is 0 Å². The van der Waals surface area contributed by atoms with Crippen LogP contribution in [0.3, 0.4) is 0 Å². The molecule has 37 heavy (non-hydrogen) atoms. The average Bonchev–Trinajstić information content (AvgIpc) is 3.19. The van der Waals surface area contributed by atoms with Gasteiger partial charge in [0.2, 0.25) is 5.91 Å². The number of amides is 2. The molecule has 1 aliphatic heterocycles. The standard InChI is InChI=1S/C27H23ClN4O4S/c1-31(2)19-11-8-17(9-12-19)14-23-25(34)32(20-6-4-3-5-7-20)27(30-23)37-16-24(33)29-18-10-13-22(28)21(15-18)26(35)36/h3-15H,16H2,1-2H3,(H,29,33)(H,35,36). The van der Waals surface area contributed by atoms with E-state index in [1.54, 1.807) is 18.2 Å². The third-order valence-corrected chi connectivity index (χ3v) is 6.64. The number of amidine groups is 1. The summed E-state index contributed by atoms with van der Waals surface area (Å²) in [5.74, 6) is -1.92. The molecule has 188 valence electrons. The molecule has 0 bridgehead atoms. The second-order valence-electron chi connectivity index (χ2n) is 8.22. The first-order valence-corrected chi connectivity index (χ1v) is 12.5. The molecule has 0 saturated heterocycles. The van der Waals surface area contributed by atoms with E-state index in [9.17, 15) is 19.5 Å². The van der Waals surface area contributed by atoms with Gasteiger partial charge in [-0.25, -0.2) is 9.79 Å². The fourth-order valence-corrected chi connectivity index (χ4v) is 4.53. The maximum atomic E-state index is 13.3. The normalized spacial score (nSPS) is 14.0. The highest BCUT2D eigenvalue weighted by atomic mass is 35.5. The minimum atomic E-state index is -1.19. The summed E-state index contributed by atoms with van der Waals surface area (Å²) in [6.07, 6.45) is 1.71. The Bertz CT molecular complexity index is 1410. The van der Waals surface area contributed by atoms with Crippen LogP contribution in [0.25, 0.3) is 6.08 Å². The van der Waals surface area contributed by atoms with Gasteiger partial charge in [-0.2, -0.15) is 0 Å². The van der Waals surface area contributed by atoms with Gasteiger partial charge in [0, 0.05) is 25.5 Å². The Kier molecular flexibility index (Phi) is 7.95. The van der Waals surface area contributed by atoms with Crippen molar-refractivity contribution < 1.29 is 19.5 Å². The lowest BCUT2D eigenvalue weighted by molar-refractivity contribution is -0.114. The summed E-state index contributed by atoms with van der Waals surface area (Å²) >= 11 is 7.00. The van der Waals surface area contributed by atoms with E-state index in [0.717, 1.165) is 23.0 Å². The van der Waals surface area contributed by atoms with Crippen molar-refractivity contribution in [2.75, 3.05) is 35.0 Å². The lowest BCUT2D eigenvalue weighted by atomic mass is 10.1. The largest absolute Gasteiger partial charge is 0.478 e. The molecule has 0 fully saturated rings. The van der Waals surface area contributed by atoms with Crippen LogP contribution in [0.2, 0.25) is 5.02 Å². The summed E-state index contributed by atoms with van der Waals surface area (Å²) in [6.45, 7) is 0. The summed E-state index contributed by atoms with van der Waals surface area (Å²) < 4.78 is 0. The maximum absolute atomic E-state index is 13.3. The fraction of sp³-hybridized carbons (Fsp3) is 0.111. The maximum Gasteiger partial charge on any atom is 0.337 e. The number of aromatic carboxylic acids is 1. The van der Waals surface area contributed by atoms with Crippen molar-refractivity contribution in [2.45, 2.75) is 0 Å². The van der Waals surface area contributed by atoms with Gasteiger partial charge < -0.3 is 15.3 Å². The fourth-order valence-electron chi connectivity index (χ4n) is 3.52. The Hall–Kier alpha value is -4.08. The number of para-hydroxylation sites is 1. The van der Waals surface area contributed by atoms with E-state index in [1.807, 2.05) is 61.5 Å². The topological polar surface area (TPSA) is 102 Å². The minimum Gasteiger partial charge on any atom is -0.478 e. The molecule has 2 amide bonds. The van der Waals surface area contributed by atoms with Gasteiger partial charge in [0.15, 0.2) is 5.17 Å². The van der Waals surface area contributed by atoms with Gasteiger partial charge in [0.1, 0.15) is 5.70 Å². The predicted molar refractivity (Wildman–Crippen MR) is 150 cm³/mol. The van der Waals surface area contributed by atoms with Crippen molar-refractivity contribution in [1.82, 2.24) is 0 Å². The highest BCUT2D eigenvalue weighted by Gasteiger charge is 2.32. The van der Waals surface area contributed by atoms with Crippen LogP contribution >= 0.6 is 23.4 Å². The van der Waals surface area contributed by atoms with Crippen molar-refractivity contribution in [1.29, 1.82) is 0 Å². The number of anilines is 3. The summed E-state index contributed by atoms with van der Waals surface area (Å²) in [6, 6.07) is 21.0. The number of nitrogens with zero attached hydrogens (tertiary/aromatic N) is 3. The zero-order valence-corrected chi connectivity index (χ0v) is 21.6. The number of carboxylic acid groups (broad SMARTS) is 1. The molecular weight excluding hydrogens is 512 g/mol. The van der Waals surface area contributed by atoms with Gasteiger partial charge >= 0.3 is 5.97 Å². The quantitative estimate of drug-likeness (QED) is 0.403. The van der Waals surface area contributed by atoms with Crippen LogP contribution in [-0.2, 0) is 9.59 Å². The third-order valence-electron chi connectivity index (χ3n) is 5.37. The highest BCUT2D eigenvalue weighted by Crippen LogP contribution is 2.30. The molecule has 10 heteroatoms. The van der Waals surface area contributed by atoms with E-state index in [0.29, 0.717) is 16.5 Å². The molecule has 1 aliphatic rings. The predicted octanol–water partition coefficient (Wildman–Crippen LogP) is 5.22. The smallest absolute Gasteiger partial charge is 0.337 e. The summed E-state index contributed by atoms with van der Waals surface area (Å²) in [5, 5.41) is 12.3. The first-order chi connectivity index (χ1) is 17.7. The molecular formula is C27H23ClN4O4S. The second-order valence-corrected chi connectivity index (χ2v) is 9.57. The first-order valence-electron chi connectivity index (χ1n) is 11.2. The van der Waals surface area contributed by atoms with E-state index in [2.05, 4.69) is 10.3 Å². The summed E-state index contributed by atoms with van der Waals surface area (Å²) in [7, 11) is 3.90. The molecule has 4 rings (SSSR count). The number of benzene rings is 3. The molecule has 0 aromatic heterocycles. The Morgan fingerprint density at radius 1 is 1.08 bits per heavy atom. The van der Waals surface area contributed by atoms with Crippen LogP contribution in [0.4, 0.5) is 17.1 Å². The van der Waals surface area contributed by atoms with Gasteiger partial charge in [-0.15, -0.1) is 0 Å². The Balaban J connectivity index is 1.54. The minimum absolute atomic E-state index is 0.0503. The molecule has 0 radical (unpaired) electrons. The molecule has 0 atom stereocenters. The van der Waals surface area contributed by atoms with Crippen molar-refractivity contribution >= 4 is 69.5 Å². The Morgan fingerprint density at radius 3 is 2.43 bits per heavy atom. The number of aliphatic imine (C=N–C) groups is 1. The molecule has 1 heterocycles. The van der Waals surface area contributed by atoms with E-state index in [1.165, 1.54) is 23.1 Å². The van der Waals surface area contributed by atoms with E-state index in [-0.39, 0.29) is 33.9 Å². The van der Waals surface area contributed by atoms with Crippen LogP contribution in [0.1, 0.15) is 15.9 Å². The second kappa shape index (κ2) is 11.3. The van der Waals surface area contributed by atoms with Crippen molar-refractivity contribution in [3.8, 4) is 0 Å². The average molecular weight is 535 g/mol. The van der Waals surface area contributed by atoms with E-state index in [4.69, 9.17) is 11.6 Å². The molecule has 0 saturated carbocycles. The van der Waals surface area contributed by atoms with Gasteiger partial charge in [-0.05, 0) is 54.1 Å². The van der Waals surface area contributed by atoms with Crippen molar-refractivity contribution in [2.24, 2.45) is 4.99 Å². The van der Waals surface area contributed by atoms with Gasteiger partial charge in [0.25, 0.3) is 5.91 Å². The molecule has 0 unspecified atom stereocenters. The van der Waals surface area contributed by atoms with Crippen LogP contribution in [0, 0.1) is 0 Å². The number of carbonyl (C=O) groups excluding carboxylic acids is 2. The van der Waals surface area contributed by atoms with Gasteiger partial charge in [-0.1, -0.05) is 53.7 Å². The number of carbonyl (C=O) groups is 3. The molecule has 3 aromatic rings. The monoisotopic (exact) mass is 534 g/mol. The lowest BCUT2D eigenvalue weighted by Gasteiger charge is -2.17. The molecule has 0 aliphatic carbocycles. The number of rotatable bonds is 7. The zero-order valence-electron chi connectivity index (χ0n) is 20.0. The van der Waals surface area contributed by atoms with Gasteiger partial charge in [0.05, 0.1) is 22.0 Å². The SMILES string of the molecule is CN(C)c1ccc(C=C2N=C(SCC(=O)Nc3ccc(Cl)c(C(=O)O)c3)N(c3ccccc3)C2=O)cc1. The lowest BCUT2D eigenvalue weighted by Crippen LogP contribution is -2.31. The van der Waals surface area contributed by atoms with E-state index < -0.39 is 5.97 Å². The summed E-state index contributed by atoms with van der Waals surface area (Å²) in [5.41, 5.74) is 2.95. The number of carboxylic acids is 1.